The SMILES string of the molecule is CC(=O)Nc1ccc(S(=O)(=O)N2c3ccccc3CC2C)cc1. The van der Waals surface area contributed by atoms with E-state index >= 15 is 0 Å². The number of carbonyl (C=O) groups excluding carboxylic acids is 1. The number of nitrogens with zero attached hydrogens (tertiary/aromatic N) is 1. The maximum Gasteiger partial charge on any atom is 0.264 e. The Morgan fingerprint density at radius 2 is 1.78 bits per heavy atom. The molecule has 2 aromatic rings. The van der Waals surface area contributed by atoms with Crippen LogP contribution in [0.2, 0.25) is 0 Å². The van der Waals surface area contributed by atoms with Crippen LogP contribution in [0.1, 0.15) is 19.4 Å². The maximum atomic E-state index is 13.0. The van der Waals surface area contributed by atoms with Crippen molar-refractivity contribution in [2.45, 2.75) is 31.2 Å². The third-order valence-electron chi connectivity index (χ3n) is 3.88. The molecule has 1 N–H and O–H groups in total. The zero-order valence-electron chi connectivity index (χ0n) is 13.0. The molecule has 0 aliphatic carbocycles. The van der Waals surface area contributed by atoms with Crippen LogP contribution in [0.4, 0.5) is 11.4 Å². The van der Waals surface area contributed by atoms with Crippen molar-refractivity contribution in [3.05, 3.63) is 54.1 Å². The summed E-state index contributed by atoms with van der Waals surface area (Å²) in [5.74, 6) is -0.192. The summed E-state index contributed by atoms with van der Waals surface area (Å²) in [5.41, 5.74) is 2.36. The number of fused-ring (bicyclic) bond motifs is 1. The van der Waals surface area contributed by atoms with E-state index in [4.69, 9.17) is 0 Å². The second-order valence-corrected chi connectivity index (χ2v) is 7.50. The van der Waals surface area contributed by atoms with Crippen molar-refractivity contribution in [2.24, 2.45) is 0 Å². The summed E-state index contributed by atoms with van der Waals surface area (Å²) in [6, 6.07) is 13.7. The predicted molar refractivity (Wildman–Crippen MR) is 90.0 cm³/mol. The fraction of sp³-hybridized carbons (Fsp3) is 0.235. The highest BCUT2D eigenvalue weighted by Crippen LogP contribution is 2.36. The van der Waals surface area contributed by atoms with E-state index in [0.717, 1.165) is 11.3 Å². The van der Waals surface area contributed by atoms with E-state index in [0.29, 0.717) is 12.1 Å². The third kappa shape index (κ3) is 2.82. The van der Waals surface area contributed by atoms with Crippen molar-refractivity contribution in [2.75, 3.05) is 9.62 Å². The molecule has 0 fully saturated rings. The fourth-order valence-corrected chi connectivity index (χ4v) is 4.62. The Morgan fingerprint density at radius 3 is 2.43 bits per heavy atom. The van der Waals surface area contributed by atoms with E-state index in [2.05, 4.69) is 5.32 Å². The minimum absolute atomic E-state index is 0.118. The van der Waals surface area contributed by atoms with Gasteiger partial charge in [-0.15, -0.1) is 0 Å². The van der Waals surface area contributed by atoms with Gasteiger partial charge in [0.2, 0.25) is 5.91 Å². The highest BCUT2D eigenvalue weighted by molar-refractivity contribution is 7.92. The second kappa shape index (κ2) is 5.70. The molecule has 0 spiro atoms. The number of anilines is 2. The van der Waals surface area contributed by atoms with Gasteiger partial charge in [-0.1, -0.05) is 18.2 Å². The Balaban J connectivity index is 1.97. The summed E-state index contributed by atoms with van der Waals surface area (Å²) >= 11 is 0. The number of nitrogens with one attached hydrogen (secondary N) is 1. The lowest BCUT2D eigenvalue weighted by molar-refractivity contribution is -0.114. The van der Waals surface area contributed by atoms with Crippen molar-refractivity contribution in [1.29, 1.82) is 0 Å². The first-order valence-electron chi connectivity index (χ1n) is 7.39. The topological polar surface area (TPSA) is 66.5 Å². The maximum absolute atomic E-state index is 13.0. The Hall–Kier alpha value is -2.34. The van der Waals surface area contributed by atoms with Crippen molar-refractivity contribution in [1.82, 2.24) is 0 Å². The molecule has 1 atom stereocenters. The second-order valence-electron chi connectivity index (χ2n) is 5.69. The molecule has 1 heterocycles. The van der Waals surface area contributed by atoms with Crippen LogP contribution in [0.5, 0.6) is 0 Å². The zero-order valence-corrected chi connectivity index (χ0v) is 13.8. The van der Waals surface area contributed by atoms with Gasteiger partial charge in [0, 0.05) is 18.7 Å². The van der Waals surface area contributed by atoms with E-state index in [9.17, 15) is 13.2 Å². The number of amides is 1. The van der Waals surface area contributed by atoms with E-state index in [-0.39, 0.29) is 16.8 Å². The van der Waals surface area contributed by atoms with Gasteiger partial charge in [0.25, 0.3) is 10.0 Å². The molecular weight excluding hydrogens is 312 g/mol. The van der Waals surface area contributed by atoms with Gasteiger partial charge in [-0.25, -0.2) is 8.42 Å². The summed E-state index contributed by atoms with van der Waals surface area (Å²) in [4.78, 5) is 11.3. The van der Waals surface area contributed by atoms with Crippen molar-refractivity contribution in [3.63, 3.8) is 0 Å². The first kappa shape index (κ1) is 15.6. The molecule has 0 saturated carbocycles. The number of sulfonamides is 1. The largest absolute Gasteiger partial charge is 0.326 e. The first-order chi connectivity index (χ1) is 10.9. The number of para-hydroxylation sites is 1. The molecule has 1 aliphatic rings. The van der Waals surface area contributed by atoms with Gasteiger partial charge >= 0.3 is 0 Å². The van der Waals surface area contributed by atoms with E-state index in [1.54, 1.807) is 12.1 Å². The lowest BCUT2D eigenvalue weighted by Gasteiger charge is -2.24. The van der Waals surface area contributed by atoms with Crippen molar-refractivity contribution in [3.8, 4) is 0 Å². The normalized spacial score (nSPS) is 17.0. The molecule has 1 aliphatic heterocycles. The van der Waals surface area contributed by atoms with Gasteiger partial charge in [0.1, 0.15) is 0 Å². The van der Waals surface area contributed by atoms with E-state index in [1.807, 2.05) is 31.2 Å². The summed E-state index contributed by atoms with van der Waals surface area (Å²) in [5, 5.41) is 2.63. The molecule has 0 radical (unpaired) electrons. The highest BCUT2D eigenvalue weighted by atomic mass is 32.2. The molecule has 5 nitrogen and oxygen atoms in total. The van der Waals surface area contributed by atoms with Crippen LogP contribution in [0.25, 0.3) is 0 Å². The summed E-state index contributed by atoms with van der Waals surface area (Å²) in [7, 11) is -3.63. The van der Waals surface area contributed by atoms with E-state index in [1.165, 1.54) is 23.4 Å². The molecule has 0 bridgehead atoms. The van der Waals surface area contributed by atoms with Crippen LogP contribution in [-0.2, 0) is 21.2 Å². The molecule has 0 aromatic heterocycles. The number of hydrogen-bond donors (Lipinski definition) is 1. The van der Waals surface area contributed by atoms with Gasteiger partial charge in [-0.05, 0) is 49.2 Å². The van der Waals surface area contributed by atoms with Gasteiger partial charge in [0.15, 0.2) is 0 Å². The van der Waals surface area contributed by atoms with E-state index < -0.39 is 10.0 Å². The summed E-state index contributed by atoms with van der Waals surface area (Å²) in [6.45, 7) is 3.32. The smallest absolute Gasteiger partial charge is 0.264 e. The van der Waals surface area contributed by atoms with Crippen LogP contribution >= 0.6 is 0 Å². The van der Waals surface area contributed by atoms with Crippen molar-refractivity contribution < 1.29 is 13.2 Å². The molecular formula is C17H18N2O3S. The number of carbonyl (C=O) groups is 1. The average Bonchev–Trinajstić information content (AvgIpc) is 2.83. The molecule has 6 heteroatoms. The molecule has 3 rings (SSSR count). The van der Waals surface area contributed by atoms with Gasteiger partial charge in [0.05, 0.1) is 10.6 Å². The van der Waals surface area contributed by atoms with Crippen molar-refractivity contribution >= 4 is 27.3 Å². The average molecular weight is 330 g/mol. The van der Waals surface area contributed by atoms with Crippen LogP contribution in [0.15, 0.2) is 53.4 Å². The third-order valence-corrected chi connectivity index (χ3v) is 5.82. The number of hydrogen-bond acceptors (Lipinski definition) is 3. The lowest BCUT2D eigenvalue weighted by Crippen LogP contribution is -2.35. The minimum Gasteiger partial charge on any atom is -0.326 e. The highest BCUT2D eigenvalue weighted by Gasteiger charge is 2.35. The van der Waals surface area contributed by atoms with Crippen LogP contribution in [-0.4, -0.2) is 20.4 Å². The predicted octanol–water partition coefficient (Wildman–Crippen LogP) is 2.78. The Labute approximate surface area is 136 Å². The number of rotatable bonds is 3. The fourth-order valence-electron chi connectivity index (χ4n) is 2.93. The summed E-state index contributed by atoms with van der Waals surface area (Å²) in [6.07, 6.45) is 0.708. The molecule has 0 saturated heterocycles. The summed E-state index contributed by atoms with van der Waals surface area (Å²) < 4.78 is 27.4. The standard InChI is InChI=1S/C17H18N2O3S/c1-12-11-14-5-3-4-6-17(14)19(12)23(21,22)16-9-7-15(8-10-16)18-13(2)20/h3-10,12H,11H2,1-2H3,(H,18,20). The van der Waals surface area contributed by atoms with Gasteiger partial charge in [-0.3, -0.25) is 9.10 Å². The van der Waals surface area contributed by atoms with Gasteiger partial charge < -0.3 is 5.32 Å². The quantitative estimate of drug-likeness (QED) is 0.941. The minimum atomic E-state index is -3.63. The molecule has 1 unspecified atom stereocenters. The lowest BCUT2D eigenvalue weighted by atomic mass is 10.1. The van der Waals surface area contributed by atoms with Crippen LogP contribution < -0.4 is 9.62 Å². The Kier molecular flexibility index (Phi) is 3.85. The molecule has 23 heavy (non-hydrogen) atoms. The molecule has 1 amide bonds. The van der Waals surface area contributed by atoms with Crippen LogP contribution in [0, 0.1) is 0 Å². The molecule has 2 aromatic carbocycles. The Bertz CT molecular complexity index is 844. The van der Waals surface area contributed by atoms with Gasteiger partial charge in [-0.2, -0.15) is 0 Å². The first-order valence-corrected chi connectivity index (χ1v) is 8.83. The molecule has 120 valence electrons. The Morgan fingerprint density at radius 1 is 1.13 bits per heavy atom. The monoisotopic (exact) mass is 330 g/mol. The number of benzene rings is 2. The zero-order chi connectivity index (χ0) is 16.6. The van der Waals surface area contributed by atoms with Crippen LogP contribution in [0.3, 0.4) is 0 Å².